The Balaban J connectivity index is 2.50. The molecular formula is C11H15NO4S. The van der Waals surface area contributed by atoms with Crippen LogP contribution in [0.25, 0.3) is 0 Å². The fraction of sp³-hybridized carbons (Fsp3) is 0.455. The molecule has 0 bridgehead atoms. The average molecular weight is 257 g/mol. The molecule has 0 saturated carbocycles. The van der Waals surface area contributed by atoms with Crippen LogP contribution in [0.2, 0.25) is 0 Å². The van der Waals surface area contributed by atoms with Crippen LogP contribution in [0.15, 0.2) is 16.8 Å². The number of carbonyl (C=O) groups excluding carboxylic acids is 1. The number of nitrogens with zero attached hydrogens (tertiary/aromatic N) is 1. The molecule has 94 valence electrons. The van der Waals surface area contributed by atoms with Gasteiger partial charge in [0, 0.05) is 6.54 Å². The minimum atomic E-state index is -1.04. The minimum absolute atomic E-state index is 0.243. The van der Waals surface area contributed by atoms with Crippen molar-refractivity contribution in [2.24, 2.45) is 0 Å². The van der Waals surface area contributed by atoms with Crippen LogP contribution in [-0.4, -0.2) is 41.8 Å². The number of thiophene rings is 1. The fourth-order valence-electron chi connectivity index (χ4n) is 1.31. The van der Waals surface area contributed by atoms with Crippen molar-refractivity contribution in [2.45, 2.75) is 13.3 Å². The molecular weight excluding hydrogens is 242 g/mol. The van der Waals surface area contributed by atoms with E-state index in [0.29, 0.717) is 13.0 Å². The van der Waals surface area contributed by atoms with Crippen LogP contribution >= 0.6 is 11.3 Å². The number of carboxylic acid groups (broad SMARTS) is 1. The summed E-state index contributed by atoms with van der Waals surface area (Å²) in [7, 11) is 0. The summed E-state index contributed by atoms with van der Waals surface area (Å²) < 4.78 is 4.80. The van der Waals surface area contributed by atoms with Crippen molar-refractivity contribution in [1.29, 1.82) is 0 Å². The highest BCUT2D eigenvalue weighted by Gasteiger charge is 2.17. The smallest absolute Gasteiger partial charge is 0.410 e. The van der Waals surface area contributed by atoms with E-state index < -0.39 is 12.1 Å². The van der Waals surface area contributed by atoms with Gasteiger partial charge in [0.2, 0.25) is 0 Å². The zero-order valence-corrected chi connectivity index (χ0v) is 10.4. The van der Waals surface area contributed by atoms with Crippen LogP contribution in [0.5, 0.6) is 0 Å². The maximum absolute atomic E-state index is 11.5. The number of rotatable bonds is 6. The molecule has 1 N–H and O–H groups in total. The van der Waals surface area contributed by atoms with Gasteiger partial charge in [0.15, 0.2) is 0 Å². The lowest BCUT2D eigenvalue weighted by molar-refractivity contribution is -0.138. The summed E-state index contributed by atoms with van der Waals surface area (Å²) >= 11 is 1.57. The molecule has 0 aromatic carbocycles. The molecule has 0 aliphatic rings. The van der Waals surface area contributed by atoms with Crippen molar-refractivity contribution in [3.63, 3.8) is 0 Å². The highest BCUT2D eigenvalue weighted by atomic mass is 32.1. The second kappa shape index (κ2) is 6.90. The molecule has 6 heteroatoms. The molecule has 1 aromatic heterocycles. The molecule has 0 aliphatic carbocycles. The number of aliphatic carboxylic acids is 1. The monoisotopic (exact) mass is 257 g/mol. The molecule has 1 rings (SSSR count). The molecule has 5 nitrogen and oxygen atoms in total. The van der Waals surface area contributed by atoms with E-state index >= 15 is 0 Å². The number of hydrogen-bond donors (Lipinski definition) is 1. The van der Waals surface area contributed by atoms with E-state index in [0.717, 1.165) is 5.56 Å². The third-order valence-electron chi connectivity index (χ3n) is 2.10. The highest BCUT2D eigenvalue weighted by Crippen LogP contribution is 2.08. The van der Waals surface area contributed by atoms with E-state index in [9.17, 15) is 9.59 Å². The topological polar surface area (TPSA) is 66.8 Å². The summed E-state index contributed by atoms with van der Waals surface area (Å²) in [5.41, 5.74) is 1.09. The quantitative estimate of drug-likeness (QED) is 0.844. The van der Waals surface area contributed by atoms with Gasteiger partial charge in [-0.3, -0.25) is 9.69 Å². The fourth-order valence-corrected chi connectivity index (χ4v) is 2.02. The Morgan fingerprint density at radius 1 is 1.53 bits per heavy atom. The number of carboxylic acids is 1. The van der Waals surface area contributed by atoms with E-state index in [4.69, 9.17) is 9.84 Å². The summed E-state index contributed by atoms with van der Waals surface area (Å²) in [5, 5.41) is 12.6. The molecule has 17 heavy (non-hydrogen) atoms. The average Bonchev–Trinajstić information content (AvgIpc) is 2.76. The zero-order valence-electron chi connectivity index (χ0n) is 9.59. The predicted molar refractivity (Wildman–Crippen MR) is 64.3 cm³/mol. The first-order valence-electron chi connectivity index (χ1n) is 5.28. The van der Waals surface area contributed by atoms with Crippen LogP contribution in [-0.2, 0) is 16.0 Å². The van der Waals surface area contributed by atoms with Gasteiger partial charge in [-0.1, -0.05) is 0 Å². The summed E-state index contributed by atoms with van der Waals surface area (Å²) in [6.07, 6.45) is 0.0559. The molecule has 0 saturated heterocycles. The minimum Gasteiger partial charge on any atom is -0.480 e. The van der Waals surface area contributed by atoms with Gasteiger partial charge < -0.3 is 9.84 Å². The van der Waals surface area contributed by atoms with Crippen LogP contribution in [0.1, 0.15) is 12.5 Å². The molecule has 0 unspecified atom stereocenters. The third-order valence-corrected chi connectivity index (χ3v) is 2.83. The predicted octanol–water partition coefficient (Wildman–Crippen LogP) is 1.83. The summed E-state index contributed by atoms with van der Waals surface area (Å²) in [6.45, 7) is 1.95. The molecule has 1 heterocycles. The SMILES string of the molecule is CCOC(=O)N(CCc1ccsc1)CC(=O)O. The molecule has 0 spiro atoms. The Morgan fingerprint density at radius 2 is 2.29 bits per heavy atom. The molecule has 0 fully saturated rings. The van der Waals surface area contributed by atoms with Gasteiger partial charge in [-0.15, -0.1) is 0 Å². The summed E-state index contributed by atoms with van der Waals surface area (Å²) in [6, 6.07) is 1.95. The maximum Gasteiger partial charge on any atom is 0.410 e. The first-order valence-corrected chi connectivity index (χ1v) is 6.22. The Labute approximate surface area is 104 Å². The Kier molecular flexibility index (Phi) is 5.48. The Morgan fingerprint density at radius 3 is 2.82 bits per heavy atom. The molecule has 1 amide bonds. The first-order chi connectivity index (χ1) is 8.13. The summed E-state index contributed by atoms with van der Waals surface area (Å²) in [5.74, 6) is -1.04. The zero-order chi connectivity index (χ0) is 12.7. The van der Waals surface area contributed by atoms with Crippen molar-refractivity contribution >= 4 is 23.4 Å². The van der Waals surface area contributed by atoms with Gasteiger partial charge in [-0.25, -0.2) is 4.79 Å². The van der Waals surface area contributed by atoms with Gasteiger partial charge in [-0.05, 0) is 35.7 Å². The van der Waals surface area contributed by atoms with Gasteiger partial charge in [0.25, 0.3) is 0 Å². The number of ether oxygens (including phenoxy) is 1. The molecule has 0 radical (unpaired) electrons. The Bertz CT molecular complexity index is 364. The van der Waals surface area contributed by atoms with E-state index in [2.05, 4.69) is 0 Å². The van der Waals surface area contributed by atoms with Gasteiger partial charge in [0.1, 0.15) is 6.54 Å². The standard InChI is InChI=1S/C11H15NO4S/c1-2-16-11(15)12(7-10(13)14)5-3-9-4-6-17-8-9/h4,6,8H,2-3,5,7H2,1H3,(H,13,14). The van der Waals surface area contributed by atoms with Crippen molar-refractivity contribution < 1.29 is 19.4 Å². The lowest BCUT2D eigenvalue weighted by Crippen LogP contribution is -2.37. The largest absolute Gasteiger partial charge is 0.480 e. The summed E-state index contributed by atoms with van der Waals surface area (Å²) in [4.78, 5) is 23.3. The highest BCUT2D eigenvalue weighted by molar-refractivity contribution is 7.07. The maximum atomic E-state index is 11.5. The molecule has 0 aliphatic heterocycles. The van der Waals surface area contributed by atoms with Gasteiger partial charge >= 0.3 is 12.1 Å². The van der Waals surface area contributed by atoms with Gasteiger partial charge in [0.05, 0.1) is 6.61 Å². The van der Waals surface area contributed by atoms with Crippen molar-refractivity contribution in [2.75, 3.05) is 19.7 Å². The van der Waals surface area contributed by atoms with Crippen LogP contribution in [0, 0.1) is 0 Å². The molecule has 1 aromatic rings. The number of hydrogen-bond acceptors (Lipinski definition) is 4. The Hall–Kier alpha value is -1.56. The van der Waals surface area contributed by atoms with Crippen LogP contribution in [0.4, 0.5) is 4.79 Å². The second-order valence-corrected chi connectivity index (χ2v) is 4.18. The van der Waals surface area contributed by atoms with Crippen molar-refractivity contribution in [1.82, 2.24) is 4.90 Å². The normalized spacial score (nSPS) is 9.94. The lowest BCUT2D eigenvalue weighted by atomic mass is 10.2. The van der Waals surface area contributed by atoms with E-state index in [1.807, 2.05) is 16.8 Å². The third kappa shape index (κ3) is 4.86. The number of carbonyl (C=O) groups is 2. The van der Waals surface area contributed by atoms with Gasteiger partial charge in [-0.2, -0.15) is 11.3 Å². The lowest BCUT2D eigenvalue weighted by Gasteiger charge is -2.19. The first kappa shape index (κ1) is 13.5. The second-order valence-electron chi connectivity index (χ2n) is 3.40. The number of amides is 1. The van der Waals surface area contributed by atoms with Crippen LogP contribution in [0.3, 0.4) is 0 Å². The van der Waals surface area contributed by atoms with Crippen molar-refractivity contribution in [3.05, 3.63) is 22.4 Å². The van der Waals surface area contributed by atoms with Crippen molar-refractivity contribution in [3.8, 4) is 0 Å². The van der Waals surface area contributed by atoms with Crippen LogP contribution < -0.4 is 0 Å². The van der Waals surface area contributed by atoms with E-state index in [-0.39, 0.29) is 13.2 Å². The van der Waals surface area contributed by atoms with E-state index in [1.165, 1.54) is 4.90 Å². The molecule has 0 atom stereocenters. The van der Waals surface area contributed by atoms with E-state index in [1.54, 1.807) is 18.3 Å².